The van der Waals surface area contributed by atoms with Crippen molar-refractivity contribution >= 4 is 11.3 Å². The molecule has 0 atom stereocenters. The number of hydrogen-bond acceptors (Lipinski definition) is 3. The maximum absolute atomic E-state index is 10.5. The van der Waals surface area contributed by atoms with E-state index < -0.39 is 5.60 Å². The summed E-state index contributed by atoms with van der Waals surface area (Å²) in [4.78, 5) is 4.70. The van der Waals surface area contributed by atoms with Crippen molar-refractivity contribution in [3.8, 4) is 0 Å². The predicted molar refractivity (Wildman–Crippen MR) is 59.7 cm³/mol. The lowest BCUT2D eigenvalue weighted by Gasteiger charge is -2.35. The molecular weight excluding hydrogens is 194 g/mol. The lowest BCUT2D eigenvalue weighted by Crippen LogP contribution is -2.40. The van der Waals surface area contributed by atoms with Crippen molar-refractivity contribution in [2.45, 2.75) is 25.4 Å². The van der Waals surface area contributed by atoms with Crippen LogP contribution in [0, 0.1) is 6.92 Å². The summed E-state index contributed by atoms with van der Waals surface area (Å²) >= 11 is 1.73. The zero-order chi connectivity index (χ0) is 10.2. The summed E-state index contributed by atoms with van der Waals surface area (Å²) in [5.74, 6) is 0. The monoisotopic (exact) mass is 211 g/mol. The Bertz CT molecular complexity index is 313. The van der Waals surface area contributed by atoms with Crippen LogP contribution in [0.4, 0.5) is 0 Å². The quantitative estimate of drug-likeness (QED) is 0.767. The fraction of sp³-hybridized carbons (Fsp3) is 0.636. The Morgan fingerprint density at radius 1 is 1.36 bits per heavy atom. The normalized spacial score (nSPS) is 22.5. The molecule has 1 aliphatic heterocycles. The predicted octanol–water partition coefficient (Wildman–Crippen LogP) is 1.97. The van der Waals surface area contributed by atoms with Gasteiger partial charge in [0.05, 0.1) is 0 Å². The van der Waals surface area contributed by atoms with Gasteiger partial charge in [0.1, 0.15) is 5.60 Å². The van der Waals surface area contributed by atoms with Crippen LogP contribution in [0.1, 0.15) is 22.6 Å². The van der Waals surface area contributed by atoms with Gasteiger partial charge in [-0.15, -0.1) is 11.3 Å². The van der Waals surface area contributed by atoms with Crippen LogP contribution in [-0.2, 0) is 5.60 Å². The molecule has 0 unspecified atom stereocenters. The molecule has 2 heterocycles. The van der Waals surface area contributed by atoms with Crippen molar-refractivity contribution in [1.29, 1.82) is 0 Å². The second kappa shape index (κ2) is 3.65. The Kier molecular flexibility index (Phi) is 2.64. The number of aryl methyl sites for hydroxylation is 1. The maximum atomic E-state index is 10.5. The number of thiophene rings is 1. The topological polar surface area (TPSA) is 23.5 Å². The average Bonchev–Trinajstić information content (AvgIpc) is 2.58. The van der Waals surface area contributed by atoms with Crippen molar-refractivity contribution in [1.82, 2.24) is 4.90 Å². The third-order valence-corrected chi connectivity index (χ3v) is 4.21. The number of nitrogens with zero attached hydrogens (tertiary/aromatic N) is 1. The van der Waals surface area contributed by atoms with Gasteiger partial charge in [-0.05, 0) is 38.9 Å². The van der Waals surface area contributed by atoms with Crippen LogP contribution >= 0.6 is 11.3 Å². The van der Waals surface area contributed by atoms with E-state index >= 15 is 0 Å². The Morgan fingerprint density at radius 2 is 2.00 bits per heavy atom. The summed E-state index contributed by atoms with van der Waals surface area (Å²) in [5.41, 5.74) is -0.550. The molecule has 2 nitrogen and oxygen atoms in total. The summed E-state index contributed by atoms with van der Waals surface area (Å²) in [6, 6.07) is 4.17. The zero-order valence-electron chi connectivity index (χ0n) is 8.79. The molecule has 14 heavy (non-hydrogen) atoms. The zero-order valence-corrected chi connectivity index (χ0v) is 9.60. The van der Waals surface area contributed by atoms with Gasteiger partial charge >= 0.3 is 0 Å². The number of piperidine rings is 1. The maximum Gasteiger partial charge on any atom is 0.101 e. The standard InChI is InChI=1S/C11H17NOS/c1-9-3-4-10(14-9)11(13)5-7-12(2)8-6-11/h3-4,13H,5-8H2,1-2H3. The molecule has 2 rings (SSSR count). The third-order valence-electron chi connectivity index (χ3n) is 3.01. The molecule has 78 valence electrons. The van der Waals surface area contributed by atoms with Crippen LogP contribution in [-0.4, -0.2) is 30.1 Å². The Balaban J connectivity index is 2.16. The molecule has 3 heteroatoms. The Hall–Kier alpha value is -0.380. The first kappa shape index (κ1) is 10.1. The van der Waals surface area contributed by atoms with Crippen LogP contribution in [0.3, 0.4) is 0 Å². The highest BCUT2D eigenvalue weighted by atomic mass is 32.1. The second-order valence-electron chi connectivity index (χ2n) is 4.25. The molecule has 1 fully saturated rings. The van der Waals surface area contributed by atoms with E-state index in [1.807, 2.05) is 0 Å². The van der Waals surface area contributed by atoms with E-state index in [-0.39, 0.29) is 0 Å². The lowest BCUT2D eigenvalue weighted by molar-refractivity contribution is -0.0172. The van der Waals surface area contributed by atoms with E-state index in [0.717, 1.165) is 30.8 Å². The molecule has 0 amide bonds. The molecular formula is C11H17NOS. The second-order valence-corrected chi connectivity index (χ2v) is 5.53. The minimum atomic E-state index is -0.550. The van der Waals surface area contributed by atoms with E-state index in [1.54, 1.807) is 11.3 Å². The van der Waals surface area contributed by atoms with Gasteiger partial charge in [0.15, 0.2) is 0 Å². The highest BCUT2D eigenvalue weighted by Gasteiger charge is 2.33. The van der Waals surface area contributed by atoms with E-state index in [1.165, 1.54) is 4.88 Å². The van der Waals surface area contributed by atoms with Crippen molar-refractivity contribution < 1.29 is 5.11 Å². The third kappa shape index (κ3) is 1.85. The summed E-state index contributed by atoms with van der Waals surface area (Å²) in [6.07, 6.45) is 1.73. The van der Waals surface area contributed by atoms with Crippen molar-refractivity contribution in [3.05, 3.63) is 21.9 Å². The van der Waals surface area contributed by atoms with Gasteiger partial charge in [-0.25, -0.2) is 0 Å². The van der Waals surface area contributed by atoms with Crippen LogP contribution in [0.5, 0.6) is 0 Å². The SMILES string of the molecule is Cc1ccc(C2(O)CCN(C)CC2)s1. The van der Waals surface area contributed by atoms with Crippen molar-refractivity contribution in [2.75, 3.05) is 20.1 Å². The Morgan fingerprint density at radius 3 is 2.50 bits per heavy atom. The first-order chi connectivity index (χ1) is 6.60. The van der Waals surface area contributed by atoms with Crippen LogP contribution in [0.2, 0.25) is 0 Å². The van der Waals surface area contributed by atoms with Gasteiger partial charge in [0.25, 0.3) is 0 Å². The van der Waals surface area contributed by atoms with Gasteiger partial charge < -0.3 is 10.0 Å². The van der Waals surface area contributed by atoms with Gasteiger partial charge in [0, 0.05) is 22.8 Å². The number of likely N-dealkylation sites (tertiary alicyclic amines) is 1. The van der Waals surface area contributed by atoms with Gasteiger partial charge in [0.2, 0.25) is 0 Å². The summed E-state index contributed by atoms with van der Waals surface area (Å²) in [6.45, 7) is 4.08. The molecule has 1 aromatic rings. The molecule has 1 N–H and O–H groups in total. The van der Waals surface area contributed by atoms with Gasteiger partial charge in [-0.3, -0.25) is 0 Å². The fourth-order valence-electron chi connectivity index (χ4n) is 1.92. The average molecular weight is 211 g/mol. The highest BCUT2D eigenvalue weighted by Crippen LogP contribution is 2.36. The molecule has 1 aromatic heterocycles. The highest BCUT2D eigenvalue weighted by molar-refractivity contribution is 7.12. The summed E-state index contributed by atoms with van der Waals surface area (Å²) in [5, 5.41) is 10.5. The minimum Gasteiger partial charge on any atom is -0.384 e. The smallest absolute Gasteiger partial charge is 0.101 e. The van der Waals surface area contributed by atoms with E-state index in [9.17, 15) is 5.11 Å². The first-order valence-electron chi connectivity index (χ1n) is 5.08. The lowest BCUT2D eigenvalue weighted by atomic mass is 9.90. The molecule has 1 aliphatic rings. The summed E-state index contributed by atoms with van der Waals surface area (Å²) in [7, 11) is 2.11. The molecule has 0 aromatic carbocycles. The minimum absolute atomic E-state index is 0.550. The van der Waals surface area contributed by atoms with Crippen LogP contribution in [0.25, 0.3) is 0 Å². The van der Waals surface area contributed by atoms with Crippen LogP contribution in [0.15, 0.2) is 12.1 Å². The largest absolute Gasteiger partial charge is 0.384 e. The molecule has 0 aliphatic carbocycles. The van der Waals surface area contributed by atoms with Gasteiger partial charge in [-0.1, -0.05) is 0 Å². The molecule has 1 saturated heterocycles. The van der Waals surface area contributed by atoms with Crippen molar-refractivity contribution in [3.63, 3.8) is 0 Å². The molecule has 0 spiro atoms. The van der Waals surface area contributed by atoms with E-state index in [0.29, 0.717) is 0 Å². The molecule has 0 radical (unpaired) electrons. The molecule has 0 saturated carbocycles. The van der Waals surface area contributed by atoms with Gasteiger partial charge in [-0.2, -0.15) is 0 Å². The van der Waals surface area contributed by atoms with Crippen molar-refractivity contribution in [2.24, 2.45) is 0 Å². The van der Waals surface area contributed by atoms with Crippen LogP contribution < -0.4 is 0 Å². The fourth-order valence-corrected chi connectivity index (χ4v) is 2.93. The molecule has 0 bridgehead atoms. The number of rotatable bonds is 1. The summed E-state index contributed by atoms with van der Waals surface area (Å²) < 4.78 is 0. The van der Waals surface area contributed by atoms with E-state index in [2.05, 4.69) is 31.0 Å². The van der Waals surface area contributed by atoms with E-state index in [4.69, 9.17) is 0 Å². The number of aliphatic hydroxyl groups is 1. The first-order valence-corrected chi connectivity index (χ1v) is 5.90. The number of hydrogen-bond donors (Lipinski definition) is 1. The Labute approximate surface area is 89.2 Å².